The maximum atomic E-state index is 5.81. The van der Waals surface area contributed by atoms with Crippen LogP contribution in [0, 0.1) is 0 Å². The van der Waals surface area contributed by atoms with E-state index in [-0.39, 0.29) is 0 Å². The van der Waals surface area contributed by atoms with Crippen molar-refractivity contribution in [3.63, 3.8) is 0 Å². The molecule has 0 saturated carbocycles. The average molecular weight is 254 g/mol. The third-order valence-corrected chi connectivity index (χ3v) is 2.67. The van der Waals surface area contributed by atoms with E-state index in [0.717, 1.165) is 5.56 Å². The van der Waals surface area contributed by atoms with Crippen molar-refractivity contribution in [3.05, 3.63) is 33.8 Å². The molecule has 0 fully saturated rings. The fourth-order valence-corrected chi connectivity index (χ4v) is 1.35. The van der Waals surface area contributed by atoms with Gasteiger partial charge in [-0.25, -0.2) is 0 Å². The highest BCUT2D eigenvalue weighted by molar-refractivity contribution is 9.09. The van der Waals surface area contributed by atoms with Gasteiger partial charge in [-0.2, -0.15) is 0 Å². The van der Waals surface area contributed by atoms with Crippen molar-refractivity contribution < 1.29 is 0 Å². The SMILES string of the molecule is CC(Br)c1ccc(Cl)c(Cl)c1. The Morgan fingerprint density at radius 2 is 1.91 bits per heavy atom. The van der Waals surface area contributed by atoms with Gasteiger partial charge in [0.05, 0.1) is 10.0 Å². The Balaban J connectivity index is 3.05. The Kier molecular flexibility index (Phi) is 3.23. The number of halogens is 3. The number of hydrogen-bond donors (Lipinski definition) is 0. The van der Waals surface area contributed by atoms with Gasteiger partial charge in [0.15, 0.2) is 0 Å². The van der Waals surface area contributed by atoms with Crippen LogP contribution in [-0.2, 0) is 0 Å². The predicted molar refractivity (Wildman–Crippen MR) is 53.8 cm³/mol. The minimum Gasteiger partial charge on any atom is -0.0842 e. The lowest BCUT2D eigenvalue weighted by molar-refractivity contribution is 1.12. The standard InChI is InChI=1S/C8H7BrCl2/c1-5(9)6-2-3-7(10)8(11)4-6/h2-5H,1H3. The van der Waals surface area contributed by atoms with E-state index in [1.165, 1.54) is 0 Å². The summed E-state index contributed by atoms with van der Waals surface area (Å²) in [7, 11) is 0. The quantitative estimate of drug-likeness (QED) is 0.649. The molecule has 0 aromatic heterocycles. The predicted octanol–water partition coefficient (Wildman–Crippen LogP) is 4.45. The molecule has 1 aromatic rings. The van der Waals surface area contributed by atoms with E-state index >= 15 is 0 Å². The zero-order valence-corrected chi connectivity index (χ0v) is 9.04. The summed E-state index contributed by atoms with van der Waals surface area (Å²) in [5.74, 6) is 0. The van der Waals surface area contributed by atoms with Crippen molar-refractivity contribution >= 4 is 39.1 Å². The van der Waals surface area contributed by atoms with Gasteiger partial charge in [0.25, 0.3) is 0 Å². The number of hydrogen-bond acceptors (Lipinski definition) is 0. The molecule has 0 aliphatic carbocycles. The van der Waals surface area contributed by atoms with Gasteiger partial charge in [-0.15, -0.1) is 0 Å². The second kappa shape index (κ2) is 3.79. The van der Waals surface area contributed by atoms with Crippen LogP contribution < -0.4 is 0 Å². The average Bonchev–Trinajstić information content (AvgIpc) is 1.94. The van der Waals surface area contributed by atoms with Gasteiger partial charge in [0.2, 0.25) is 0 Å². The fourth-order valence-electron chi connectivity index (χ4n) is 0.760. The van der Waals surface area contributed by atoms with E-state index < -0.39 is 0 Å². The van der Waals surface area contributed by atoms with E-state index in [2.05, 4.69) is 15.9 Å². The molecule has 0 radical (unpaired) electrons. The molecule has 0 spiro atoms. The first-order valence-corrected chi connectivity index (χ1v) is 4.87. The van der Waals surface area contributed by atoms with Crippen LogP contribution in [0.2, 0.25) is 10.0 Å². The Bertz CT molecular complexity index is 258. The summed E-state index contributed by atoms with van der Waals surface area (Å²) in [4.78, 5) is 0.317. The first-order valence-electron chi connectivity index (χ1n) is 3.20. The summed E-state index contributed by atoms with van der Waals surface area (Å²) in [5, 5.41) is 1.21. The second-order valence-corrected chi connectivity index (χ2v) is 4.48. The highest BCUT2D eigenvalue weighted by Gasteiger charge is 2.02. The third-order valence-electron chi connectivity index (χ3n) is 1.40. The fraction of sp³-hybridized carbons (Fsp3) is 0.250. The lowest BCUT2D eigenvalue weighted by Gasteiger charge is -2.03. The minimum absolute atomic E-state index is 0.317. The highest BCUT2D eigenvalue weighted by Crippen LogP contribution is 2.28. The monoisotopic (exact) mass is 252 g/mol. The van der Waals surface area contributed by atoms with Crippen LogP contribution in [0.15, 0.2) is 18.2 Å². The van der Waals surface area contributed by atoms with Gasteiger partial charge < -0.3 is 0 Å². The van der Waals surface area contributed by atoms with Crippen molar-refractivity contribution in [2.45, 2.75) is 11.8 Å². The largest absolute Gasteiger partial charge is 0.0842 e. The molecule has 0 N–H and O–H groups in total. The van der Waals surface area contributed by atoms with Crippen LogP contribution >= 0.6 is 39.1 Å². The van der Waals surface area contributed by atoms with Crippen molar-refractivity contribution in [2.75, 3.05) is 0 Å². The normalized spacial score (nSPS) is 13.1. The molecular weight excluding hydrogens is 247 g/mol. The summed E-state index contributed by atoms with van der Waals surface area (Å²) >= 11 is 15.0. The van der Waals surface area contributed by atoms with Crippen molar-refractivity contribution in [1.29, 1.82) is 0 Å². The molecule has 0 aliphatic heterocycles. The van der Waals surface area contributed by atoms with Crippen molar-refractivity contribution in [3.8, 4) is 0 Å². The lowest BCUT2D eigenvalue weighted by atomic mass is 10.2. The van der Waals surface area contributed by atoms with Crippen LogP contribution in [-0.4, -0.2) is 0 Å². The molecule has 0 nitrogen and oxygen atoms in total. The zero-order valence-electron chi connectivity index (χ0n) is 5.94. The van der Waals surface area contributed by atoms with Crippen LogP contribution in [0.4, 0.5) is 0 Å². The summed E-state index contributed by atoms with van der Waals surface area (Å²) in [5.41, 5.74) is 1.14. The van der Waals surface area contributed by atoms with Crippen LogP contribution in [0.1, 0.15) is 17.3 Å². The Hall–Kier alpha value is 0.280. The van der Waals surface area contributed by atoms with Crippen molar-refractivity contribution in [2.24, 2.45) is 0 Å². The van der Waals surface area contributed by atoms with Gasteiger partial charge in [0.1, 0.15) is 0 Å². The summed E-state index contributed by atoms with van der Waals surface area (Å²) < 4.78 is 0. The smallest absolute Gasteiger partial charge is 0.0595 e. The van der Waals surface area contributed by atoms with E-state index in [9.17, 15) is 0 Å². The molecular formula is C8H7BrCl2. The molecule has 0 saturated heterocycles. The summed E-state index contributed by atoms with van der Waals surface area (Å²) in [6, 6.07) is 5.62. The maximum absolute atomic E-state index is 5.81. The molecule has 0 bridgehead atoms. The van der Waals surface area contributed by atoms with Crippen LogP contribution in [0.25, 0.3) is 0 Å². The summed E-state index contributed by atoms with van der Waals surface area (Å²) in [6.45, 7) is 2.04. The summed E-state index contributed by atoms with van der Waals surface area (Å²) in [6.07, 6.45) is 0. The van der Waals surface area contributed by atoms with Crippen LogP contribution in [0.5, 0.6) is 0 Å². The zero-order chi connectivity index (χ0) is 8.43. The van der Waals surface area contributed by atoms with E-state index in [1.54, 1.807) is 6.07 Å². The van der Waals surface area contributed by atoms with Gasteiger partial charge in [-0.05, 0) is 24.6 Å². The Morgan fingerprint density at radius 3 is 2.36 bits per heavy atom. The van der Waals surface area contributed by atoms with Gasteiger partial charge >= 0.3 is 0 Å². The van der Waals surface area contributed by atoms with Crippen LogP contribution in [0.3, 0.4) is 0 Å². The molecule has 3 heteroatoms. The van der Waals surface area contributed by atoms with E-state index in [1.807, 2.05) is 19.1 Å². The Morgan fingerprint density at radius 1 is 1.27 bits per heavy atom. The maximum Gasteiger partial charge on any atom is 0.0595 e. The molecule has 1 rings (SSSR count). The molecule has 0 heterocycles. The molecule has 1 unspecified atom stereocenters. The Labute approximate surface area is 84.6 Å². The number of alkyl halides is 1. The lowest BCUT2D eigenvalue weighted by Crippen LogP contribution is -1.82. The molecule has 1 aromatic carbocycles. The molecule has 60 valence electrons. The topological polar surface area (TPSA) is 0 Å². The first kappa shape index (κ1) is 9.37. The van der Waals surface area contributed by atoms with Gasteiger partial charge in [-0.1, -0.05) is 45.2 Å². The number of rotatable bonds is 1. The van der Waals surface area contributed by atoms with Gasteiger partial charge in [-0.3, -0.25) is 0 Å². The minimum atomic E-state index is 0.317. The highest BCUT2D eigenvalue weighted by atomic mass is 79.9. The number of benzene rings is 1. The molecule has 11 heavy (non-hydrogen) atoms. The van der Waals surface area contributed by atoms with E-state index in [4.69, 9.17) is 23.2 Å². The third kappa shape index (κ3) is 2.36. The van der Waals surface area contributed by atoms with E-state index in [0.29, 0.717) is 14.9 Å². The molecule has 1 atom stereocenters. The molecule has 0 aliphatic rings. The van der Waals surface area contributed by atoms with Crippen molar-refractivity contribution in [1.82, 2.24) is 0 Å². The van der Waals surface area contributed by atoms with Gasteiger partial charge in [0, 0.05) is 4.83 Å². The second-order valence-electron chi connectivity index (χ2n) is 2.29. The first-order chi connectivity index (χ1) is 5.11. The molecule has 0 amide bonds.